The van der Waals surface area contributed by atoms with Crippen LogP contribution in [0.3, 0.4) is 0 Å². The third kappa shape index (κ3) is 3.25. The van der Waals surface area contributed by atoms with Gasteiger partial charge in [-0.2, -0.15) is 5.10 Å². The van der Waals surface area contributed by atoms with Crippen LogP contribution in [0.5, 0.6) is 0 Å². The largest absolute Gasteiger partial charge is 0.275 e. The van der Waals surface area contributed by atoms with Crippen LogP contribution >= 0.6 is 22.9 Å². The van der Waals surface area contributed by atoms with Gasteiger partial charge in [-0.1, -0.05) is 29.3 Å². The van der Waals surface area contributed by atoms with E-state index < -0.39 is 10.0 Å². The molecule has 5 rings (SSSR count). The minimum atomic E-state index is -3.95. The number of fused-ring (bicyclic) bond motifs is 1. The van der Waals surface area contributed by atoms with Gasteiger partial charge in [-0.05, 0) is 25.1 Å². The van der Waals surface area contributed by atoms with E-state index in [2.05, 4.69) is 15.1 Å². The maximum absolute atomic E-state index is 13.8. The molecule has 7 nitrogen and oxygen atoms in total. The molecule has 10 heteroatoms. The molecule has 0 radical (unpaired) electrons. The Bertz CT molecular complexity index is 1520. The third-order valence-corrected chi connectivity index (χ3v) is 7.78. The monoisotopic (exact) mass is 469 g/mol. The summed E-state index contributed by atoms with van der Waals surface area (Å²) in [6.45, 7) is 1.91. The molecule has 0 bridgehead atoms. The van der Waals surface area contributed by atoms with Gasteiger partial charge in [0.25, 0.3) is 10.0 Å². The zero-order valence-electron chi connectivity index (χ0n) is 16.5. The van der Waals surface area contributed by atoms with Crippen LogP contribution in [0.25, 0.3) is 32.7 Å². The van der Waals surface area contributed by atoms with E-state index in [-0.39, 0.29) is 4.90 Å². The molecule has 156 valence electrons. The number of aromatic nitrogens is 5. The highest BCUT2D eigenvalue weighted by atomic mass is 35.5. The molecule has 0 amide bonds. The van der Waals surface area contributed by atoms with Crippen molar-refractivity contribution < 1.29 is 8.42 Å². The van der Waals surface area contributed by atoms with E-state index >= 15 is 0 Å². The molecule has 5 aromatic rings. The summed E-state index contributed by atoms with van der Waals surface area (Å²) in [5, 5.41) is 5.28. The number of thiazole rings is 1. The number of nitrogens with zero attached hydrogens (tertiary/aromatic N) is 5. The van der Waals surface area contributed by atoms with Crippen molar-refractivity contribution in [2.24, 2.45) is 7.05 Å². The summed E-state index contributed by atoms with van der Waals surface area (Å²) in [6, 6.07) is 8.55. The molecule has 4 aromatic heterocycles. The van der Waals surface area contributed by atoms with Gasteiger partial charge in [-0.3, -0.25) is 9.67 Å². The lowest BCUT2D eigenvalue weighted by atomic mass is 10.1. The van der Waals surface area contributed by atoms with Crippen LogP contribution in [0, 0.1) is 6.92 Å². The number of aryl methyl sites for hydroxylation is 2. The Balaban J connectivity index is 1.88. The lowest BCUT2D eigenvalue weighted by Crippen LogP contribution is -2.14. The average molecular weight is 470 g/mol. The lowest BCUT2D eigenvalue weighted by molar-refractivity contribution is 0.589. The molecule has 0 aliphatic rings. The number of hydrogen-bond donors (Lipinski definition) is 0. The van der Waals surface area contributed by atoms with Crippen LogP contribution in [-0.4, -0.2) is 32.1 Å². The second-order valence-corrected chi connectivity index (χ2v) is 10.2. The zero-order valence-corrected chi connectivity index (χ0v) is 18.9. The molecule has 0 aliphatic carbocycles. The van der Waals surface area contributed by atoms with Crippen molar-refractivity contribution >= 4 is 44.0 Å². The van der Waals surface area contributed by atoms with Crippen LogP contribution < -0.4 is 0 Å². The molecule has 31 heavy (non-hydrogen) atoms. The summed E-state index contributed by atoms with van der Waals surface area (Å²) in [7, 11) is -2.16. The molecule has 0 fully saturated rings. The Labute approximate surface area is 187 Å². The van der Waals surface area contributed by atoms with E-state index in [4.69, 9.17) is 11.6 Å². The molecule has 0 spiro atoms. The molecular weight excluding hydrogens is 454 g/mol. The van der Waals surface area contributed by atoms with Gasteiger partial charge in [0.05, 0.1) is 32.2 Å². The topological polar surface area (TPSA) is 82.7 Å². The Morgan fingerprint density at radius 1 is 1.10 bits per heavy atom. The Hall–Kier alpha value is -3.01. The average Bonchev–Trinajstić information content (AvgIpc) is 3.47. The van der Waals surface area contributed by atoms with Crippen molar-refractivity contribution in [3.05, 3.63) is 71.2 Å². The quantitative estimate of drug-likeness (QED) is 0.379. The highest BCUT2D eigenvalue weighted by Gasteiger charge is 2.27. The first kappa shape index (κ1) is 19.9. The summed E-state index contributed by atoms with van der Waals surface area (Å²) < 4.78 is 30.4. The van der Waals surface area contributed by atoms with E-state index in [9.17, 15) is 8.42 Å². The molecular formula is C21H16ClN5O2S2. The summed E-state index contributed by atoms with van der Waals surface area (Å²) in [5.41, 5.74) is 4.80. The fourth-order valence-electron chi connectivity index (χ4n) is 3.50. The van der Waals surface area contributed by atoms with Gasteiger partial charge in [-0.15, -0.1) is 11.3 Å². The van der Waals surface area contributed by atoms with E-state index in [0.29, 0.717) is 32.9 Å². The first-order valence-corrected chi connectivity index (χ1v) is 12.0. The van der Waals surface area contributed by atoms with Crippen molar-refractivity contribution in [1.82, 2.24) is 23.7 Å². The highest BCUT2D eigenvalue weighted by Crippen LogP contribution is 2.40. The van der Waals surface area contributed by atoms with Crippen LogP contribution in [0.2, 0.25) is 5.02 Å². The van der Waals surface area contributed by atoms with Crippen molar-refractivity contribution in [1.29, 1.82) is 0 Å². The molecule has 0 N–H and O–H groups in total. The maximum atomic E-state index is 13.8. The molecule has 0 saturated heterocycles. The van der Waals surface area contributed by atoms with E-state index in [1.165, 1.54) is 21.5 Å². The van der Waals surface area contributed by atoms with Gasteiger partial charge in [0, 0.05) is 42.2 Å². The van der Waals surface area contributed by atoms with Crippen molar-refractivity contribution in [2.45, 2.75) is 11.8 Å². The molecule has 0 aliphatic heterocycles. The third-order valence-electron chi connectivity index (χ3n) is 4.98. The number of rotatable bonds is 4. The minimum Gasteiger partial charge on any atom is -0.275 e. The number of hydrogen-bond acceptors (Lipinski definition) is 6. The second kappa shape index (κ2) is 7.30. The lowest BCUT2D eigenvalue weighted by Gasteiger charge is -2.11. The first-order chi connectivity index (χ1) is 14.9. The van der Waals surface area contributed by atoms with Crippen LogP contribution in [0.15, 0.2) is 65.5 Å². The highest BCUT2D eigenvalue weighted by molar-refractivity contribution is 7.90. The summed E-state index contributed by atoms with van der Waals surface area (Å²) in [5.74, 6) is 0. The van der Waals surface area contributed by atoms with Gasteiger partial charge < -0.3 is 0 Å². The Kier molecular flexibility index (Phi) is 4.69. The Morgan fingerprint density at radius 3 is 2.52 bits per heavy atom. The van der Waals surface area contributed by atoms with Gasteiger partial charge in [-0.25, -0.2) is 17.4 Å². The van der Waals surface area contributed by atoms with Gasteiger partial charge in [0.1, 0.15) is 0 Å². The summed E-state index contributed by atoms with van der Waals surface area (Å²) in [4.78, 5) is 9.58. The number of pyridine rings is 1. The SMILES string of the molecule is Cc1ccc(S(=O)(=O)n2c(-c3cnn(C)c3)cc3c(-c4cncs4)c(Cl)cnc32)cc1. The number of benzene rings is 1. The maximum Gasteiger partial charge on any atom is 0.269 e. The second-order valence-electron chi connectivity index (χ2n) is 7.10. The van der Waals surface area contributed by atoms with Gasteiger partial charge in [0.15, 0.2) is 5.65 Å². The van der Waals surface area contributed by atoms with E-state index in [1.54, 1.807) is 66.2 Å². The summed E-state index contributed by atoms with van der Waals surface area (Å²) >= 11 is 7.92. The van der Waals surface area contributed by atoms with E-state index in [0.717, 1.165) is 10.4 Å². The van der Waals surface area contributed by atoms with Crippen LogP contribution in [0.1, 0.15) is 5.56 Å². The fraction of sp³-hybridized carbons (Fsp3) is 0.0952. The minimum absolute atomic E-state index is 0.178. The summed E-state index contributed by atoms with van der Waals surface area (Å²) in [6.07, 6.45) is 6.58. The standard InChI is InChI=1S/C21H16ClN5O2S2/c1-13-3-5-15(6-4-13)31(28,29)27-18(14-8-25-26(2)11-14)7-16-20(19-10-23-12-30-19)17(22)9-24-21(16)27/h3-12H,1-2H3. The molecule has 0 saturated carbocycles. The predicted octanol–water partition coefficient (Wildman–Crippen LogP) is 4.76. The van der Waals surface area contributed by atoms with E-state index in [1.807, 2.05) is 6.92 Å². The molecule has 4 heterocycles. The van der Waals surface area contributed by atoms with Crippen molar-refractivity contribution in [2.75, 3.05) is 0 Å². The fourth-order valence-corrected chi connectivity index (χ4v) is 5.99. The molecule has 0 unspecified atom stereocenters. The normalized spacial score (nSPS) is 12.0. The van der Waals surface area contributed by atoms with Gasteiger partial charge in [0.2, 0.25) is 0 Å². The van der Waals surface area contributed by atoms with Gasteiger partial charge >= 0.3 is 0 Å². The van der Waals surface area contributed by atoms with Crippen LogP contribution in [0.4, 0.5) is 0 Å². The van der Waals surface area contributed by atoms with Crippen molar-refractivity contribution in [3.63, 3.8) is 0 Å². The molecule has 0 atom stereocenters. The smallest absolute Gasteiger partial charge is 0.269 e. The number of halogens is 1. The molecule has 1 aromatic carbocycles. The predicted molar refractivity (Wildman–Crippen MR) is 122 cm³/mol. The Morgan fingerprint density at radius 2 is 1.87 bits per heavy atom. The first-order valence-electron chi connectivity index (χ1n) is 9.26. The zero-order chi connectivity index (χ0) is 21.8. The van der Waals surface area contributed by atoms with Crippen LogP contribution in [-0.2, 0) is 17.1 Å². The van der Waals surface area contributed by atoms with Crippen molar-refractivity contribution in [3.8, 4) is 21.7 Å².